The lowest BCUT2D eigenvalue weighted by Crippen LogP contribution is -2.73. The molecule has 0 radical (unpaired) electrons. The van der Waals surface area contributed by atoms with Gasteiger partial charge < -0.3 is 19.1 Å². The fraction of sp³-hybridized carbons (Fsp3) is 0.433. The molecule has 2 heterocycles. The average Bonchev–Trinajstić information content (AvgIpc) is 2.93. The Bertz CT molecular complexity index is 1170. The van der Waals surface area contributed by atoms with Gasteiger partial charge in [-0.25, -0.2) is 9.59 Å². The average molecular weight is 536 g/mol. The first-order valence-corrected chi connectivity index (χ1v) is 13.3. The monoisotopic (exact) mass is 535 g/mol. The second-order valence-corrected chi connectivity index (χ2v) is 9.73. The molecule has 2 aromatic rings. The van der Waals surface area contributed by atoms with E-state index >= 15 is 0 Å². The normalized spacial score (nSPS) is 23.4. The Morgan fingerprint density at radius 1 is 0.821 bits per heavy atom. The summed E-state index contributed by atoms with van der Waals surface area (Å²) in [6.45, 7) is 4.67. The number of rotatable bonds is 9. The highest BCUT2D eigenvalue weighted by molar-refractivity contribution is 5.89. The smallest absolute Gasteiger partial charge is 0.338 e. The summed E-state index contributed by atoms with van der Waals surface area (Å²) in [6.07, 6.45) is 0.769. The second kappa shape index (κ2) is 12.9. The third-order valence-corrected chi connectivity index (χ3v) is 7.24. The van der Waals surface area contributed by atoms with E-state index in [0.29, 0.717) is 18.7 Å². The van der Waals surface area contributed by atoms with Crippen LogP contribution >= 0.6 is 0 Å². The van der Waals surface area contributed by atoms with Crippen LogP contribution in [0.5, 0.6) is 0 Å². The van der Waals surface area contributed by atoms with Crippen molar-refractivity contribution >= 4 is 17.9 Å². The maximum absolute atomic E-state index is 13.8. The number of carbonyl (C=O) groups excluding carboxylic acids is 3. The van der Waals surface area contributed by atoms with Gasteiger partial charge in [-0.1, -0.05) is 60.7 Å². The van der Waals surface area contributed by atoms with Crippen molar-refractivity contribution in [3.8, 4) is 0 Å². The zero-order chi connectivity index (χ0) is 27.9. The Balaban J connectivity index is 1.89. The number of carbonyl (C=O) groups is 3. The van der Waals surface area contributed by atoms with Gasteiger partial charge in [-0.05, 0) is 31.4 Å². The summed E-state index contributed by atoms with van der Waals surface area (Å²) >= 11 is 0. The van der Waals surface area contributed by atoms with Crippen LogP contribution in [0, 0.1) is 5.92 Å². The highest BCUT2D eigenvalue weighted by atomic mass is 16.5. The molecule has 208 valence electrons. The lowest BCUT2D eigenvalue weighted by atomic mass is 9.81. The van der Waals surface area contributed by atoms with E-state index in [-0.39, 0.29) is 19.6 Å². The first-order chi connectivity index (χ1) is 18.9. The molecule has 0 saturated carbocycles. The predicted molar refractivity (Wildman–Crippen MR) is 145 cm³/mol. The van der Waals surface area contributed by atoms with Gasteiger partial charge in [-0.3, -0.25) is 14.6 Å². The third-order valence-electron chi connectivity index (χ3n) is 7.24. The summed E-state index contributed by atoms with van der Waals surface area (Å²) in [6, 6.07) is 18.8. The van der Waals surface area contributed by atoms with E-state index in [1.807, 2.05) is 77.5 Å². The van der Waals surface area contributed by atoms with E-state index in [1.54, 1.807) is 20.0 Å². The molecule has 0 unspecified atom stereocenters. The van der Waals surface area contributed by atoms with Crippen molar-refractivity contribution in [2.24, 2.45) is 5.92 Å². The maximum Gasteiger partial charge on any atom is 0.338 e. The van der Waals surface area contributed by atoms with Gasteiger partial charge in [0, 0.05) is 32.3 Å². The van der Waals surface area contributed by atoms with E-state index in [4.69, 9.17) is 14.2 Å². The second-order valence-electron chi connectivity index (χ2n) is 9.73. The van der Waals surface area contributed by atoms with E-state index < -0.39 is 42.2 Å². The Morgan fingerprint density at radius 3 is 1.90 bits per heavy atom. The van der Waals surface area contributed by atoms with E-state index in [9.17, 15) is 14.4 Å². The summed E-state index contributed by atoms with van der Waals surface area (Å²) in [4.78, 5) is 46.0. The molecule has 4 atom stereocenters. The molecule has 39 heavy (non-hydrogen) atoms. The molecular formula is C30H37N3O6. The van der Waals surface area contributed by atoms with Crippen LogP contribution in [0.25, 0.3) is 0 Å². The zero-order valence-electron chi connectivity index (χ0n) is 23.0. The summed E-state index contributed by atoms with van der Waals surface area (Å²) in [5.74, 6) is -1.71. The van der Waals surface area contributed by atoms with Gasteiger partial charge in [0.2, 0.25) is 0 Å². The zero-order valence-corrected chi connectivity index (χ0v) is 23.0. The molecule has 0 amide bonds. The molecule has 0 bridgehead atoms. The first-order valence-electron chi connectivity index (χ1n) is 13.3. The molecular weight excluding hydrogens is 498 g/mol. The largest absolute Gasteiger partial charge is 0.466 e. The van der Waals surface area contributed by atoms with Crippen LogP contribution in [-0.4, -0.2) is 78.4 Å². The summed E-state index contributed by atoms with van der Waals surface area (Å²) in [7, 11) is 3.20. The van der Waals surface area contributed by atoms with Crippen molar-refractivity contribution in [2.75, 3.05) is 27.4 Å². The molecule has 1 fully saturated rings. The minimum Gasteiger partial charge on any atom is -0.466 e. The molecule has 4 rings (SSSR count). The van der Waals surface area contributed by atoms with Crippen molar-refractivity contribution in [1.29, 1.82) is 0 Å². The van der Waals surface area contributed by atoms with E-state index in [1.165, 1.54) is 7.11 Å². The molecule has 2 aliphatic heterocycles. The Kier molecular flexibility index (Phi) is 9.37. The molecule has 2 aromatic carbocycles. The molecule has 0 spiro atoms. The summed E-state index contributed by atoms with van der Waals surface area (Å²) in [5.41, 5.74) is 2.41. The molecule has 0 aromatic heterocycles. The summed E-state index contributed by atoms with van der Waals surface area (Å²) in [5, 5.41) is 0. The number of benzene rings is 2. The lowest BCUT2D eigenvalue weighted by Gasteiger charge is -2.57. The Hall–Kier alpha value is -3.69. The Labute approximate surface area is 229 Å². The van der Waals surface area contributed by atoms with Crippen molar-refractivity contribution in [3.63, 3.8) is 0 Å². The molecule has 9 heteroatoms. The topological polar surface area (TPSA) is 88.6 Å². The van der Waals surface area contributed by atoms with Gasteiger partial charge in [0.25, 0.3) is 0 Å². The standard InChI is InChI=1S/C30H37N3O6/c1-5-38-29(35)25-24-17-23(28(34)37-4)20-31(3)26(24)33(19-22-15-11-8-12-16-22)27(30(36)39-6-2)32(25)18-21-13-9-7-10-14-21/h7-16,20,24-27H,5-6,17-19H2,1-4H3/t24-,25+,26-,27+/m0/s1. The quantitative estimate of drug-likeness (QED) is 0.355. The minimum atomic E-state index is -0.878. The van der Waals surface area contributed by atoms with Crippen molar-refractivity contribution in [2.45, 2.75) is 51.7 Å². The number of hydrogen-bond acceptors (Lipinski definition) is 9. The van der Waals surface area contributed by atoms with E-state index in [0.717, 1.165) is 11.1 Å². The number of ether oxygens (including phenoxy) is 3. The number of nitrogens with zero attached hydrogens (tertiary/aromatic N) is 3. The van der Waals surface area contributed by atoms with E-state index in [2.05, 4.69) is 4.90 Å². The highest BCUT2D eigenvalue weighted by Gasteiger charge is 2.56. The lowest BCUT2D eigenvalue weighted by molar-refractivity contribution is -0.198. The molecule has 1 saturated heterocycles. The fourth-order valence-electron chi connectivity index (χ4n) is 5.77. The molecule has 0 N–H and O–H groups in total. The van der Waals surface area contributed by atoms with Crippen molar-refractivity contribution < 1.29 is 28.6 Å². The number of fused-ring (bicyclic) bond motifs is 1. The molecule has 2 aliphatic rings. The van der Waals surface area contributed by atoms with Crippen molar-refractivity contribution in [3.05, 3.63) is 83.6 Å². The van der Waals surface area contributed by atoms with Gasteiger partial charge in [-0.2, -0.15) is 0 Å². The van der Waals surface area contributed by atoms with Gasteiger partial charge in [0.05, 0.1) is 32.1 Å². The van der Waals surface area contributed by atoms with Gasteiger partial charge >= 0.3 is 17.9 Å². The number of esters is 3. The summed E-state index contributed by atoms with van der Waals surface area (Å²) < 4.78 is 16.3. The van der Waals surface area contributed by atoms with Gasteiger partial charge in [0.15, 0.2) is 6.17 Å². The van der Waals surface area contributed by atoms with Crippen LogP contribution < -0.4 is 0 Å². The minimum absolute atomic E-state index is 0.194. The van der Waals surface area contributed by atoms with Crippen LogP contribution in [0.3, 0.4) is 0 Å². The fourth-order valence-corrected chi connectivity index (χ4v) is 5.77. The maximum atomic E-state index is 13.8. The van der Waals surface area contributed by atoms with Crippen LogP contribution in [0.1, 0.15) is 31.4 Å². The van der Waals surface area contributed by atoms with Gasteiger partial charge in [-0.15, -0.1) is 0 Å². The first kappa shape index (κ1) is 28.3. The van der Waals surface area contributed by atoms with Crippen LogP contribution in [0.15, 0.2) is 72.4 Å². The molecule has 0 aliphatic carbocycles. The van der Waals surface area contributed by atoms with Crippen LogP contribution in [0.4, 0.5) is 0 Å². The van der Waals surface area contributed by atoms with Crippen molar-refractivity contribution in [1.82, 2.24) is 14.7 Å². The third kappa shape index (κ3) is 6.15. The van der Waals surface area contributed by atoms with Gasteiger partial charge in [0.1, 0.15) is 6.04 Å². The SMILES string of the molecule is CCOC(=O)[C@@H]1N(Cc2ccccc2)[C@@H](C(=O)OCC)[C@@H]2CC(C(=O)OC)=CN(C)[C@H]2N1Cc1ccccc1. The highest BCUT2D eigenvalue weighted by Crippen LogP contribution is 2.41. The Morgan fingerprint density at radius 2 is 1.36 bits per heavy atom. The number of methoxy groups -OCH3 is 1. The number of hydrogen-bond donors (Lipinski definition) is 0. The predicted octanol–water partition coefficient (Wildman–Crippen LogP) is 3.16. The van der Waals surface area contributed by atoms with Crippen LogP contribution in [0.2, 0.25) is 0 Å². The molecule has 9 nitrogen and oxygen atoms in total. The van der Waals surface area contributed by atoms with Crippen LogP contribution in [-0.2, 0) is 41.7 Å².